The van der Waals surface area contributed by atoms with Crippen LogP contribution in [0.15, 0.2) is 58.8 Å². The Labute approximate surface area is 357 Å². The number of carbonyl (C=O) groups is 2. The maximum atomic E-state index is 15.1. The maximum absolute atomic E-state index is 15.1. The molecule has 2 saturated heterocycles. The monoisotopic (exact) mass is 840 g/mol. The number of phenolic OH excluding ortho intramolecular Hbond substituents is 1. The van der Waals surface area contributed by atoms with E-state index in [1.165, 1.54) is 12.3 Å². The molecule has 6 aliphatic heterocycles. The standard InChI is InChI=1S/C47H60N4O10/c1-12-47-43(54)33-31-32-38(53)36(35-34(31)49-46(50-35)17-19-51(20-18-46)22-23(2)3)48-44(55)25(5)15-13-14-24(4)39-28(8)40(27(7)37(52)26(6)30(56-11)16-21-57-47)59-45(10,58-39)60-41(32)29(9)42(33)61-47/h12-16,21,23-24,26-28,30,37,39-40,49,52-53H,1,17-20,22H2,2-11H3/b14-13+,21-16+,25-15-,48-36?/t24-,26+,27-,28+,30-,37+,39-,40-,45?,47-/m0/s1. The summed E-state index contributed by atoms with van der Waals surface area (Å²) in [6, 6.07) is 0. The number of aromatic hydroxyl groups is 1. The number of fused-ring (bicyclic) bond motifs is 8. The molecule has 6 aliphatic rings. The van der Waals surface area contributed by atoms with Crippen LogP contribution in [0.4, 0.5) is 5.69 Å². The second-order valence-electron chi connectivity index (χ2n) is 18.4. The number of hydrogen-bond acceptors (Lipinski definition) is 13. The predicted octanol–water partition coefficient (Wildman–Crippen LogP) is 5.77. The van der Waals surface area contributed by atoms with Crippen LogP contribution in [0.25, 0.3) is 10.8 Å². The summed E-state index contributed by atoms with van der Waals surface area (Å²) in [6.07, 6.45) is 8.23. The third-order valence-electron chi connectivity index (χ3n) is 13.6. The first-order chi connectivity index (χ1) is 28.9. The van der Waals surface area contributed by atoms with Gasteiger partial charge >= 0.3 is 11.8 Å². The third kappa shape index (κ3) is 7.08. The molecule has 1 unspecified atom stereocenters. The number of allylic oxidation sites excluding steroid dienone is 2. The van der Waals surface area contributed by atoms with E-state index >= 15 is 4.79 Å². The fourth-order valence-electron chi connectivity index (χ4n) is 10.2. The van der Waals surface area contributed by atoms with Crippen molar-refractivity contribution in [2.24, 2.45) is 39.6 Å². The SMILES string of the molecule is C=C[C@@]12O/C=C/[C@H](OC)[C@@H](C)[C@@H](O)[C@H](C)[C@@H]3OC4(C)Oc5c(C)c(c(c6c7c(c(c(O)c56)=NC(=O)/C(C)=C\C=C\[C@H](C)[C@H](O4)[C@H]3C)=NC3(CCN(CC(C)C)CC3)N7)C1=O)O2. The van der Waals surface area contributed by atoms with E-state index in [1.807, 2.05) is 33.8 Å². The molecule has 1 amide bonds. The number of nitrogens with zero attached hydrogens (tertiary/aromatic N) is 3. The zero-order valence-corrected chi connectivity index (χ0v) is 36.9. The number of aliphatic hydroxyl groups excluding tert-OH is 1. The summed E-state index contributed by atoms with van der Waals surface area (Å²) in [7, 11) is 1.54. The predicted molar refractivity (Wildman–Crippen MR) is 228 cm³/mol. The Morgan fingerprint density at radius 3 is 2.38 bits per heavy atom. The van der Waals surface area contributed by atoms with Crippen LogP contribution in [0.5, 0.6) is 17.2 Å². The van der Waals surface area contributed by atoms with Crippen LogP contribution in [0, 0.1) is 36.5 Å². The van der Waals surface area contributed by atoms with E-state index in [2.05, 4.69) is 35.6 Å². The van der Waals surface area contributed by atoms with Gasteiger partial charge in [0.2, 0.25) is 0 Å². The minimum atomic E-state index is -2.05. The number of carbonyl (C=O) groups excluding carboxylic acids is 2. The molecule has 1 spiro atoms. The Balaban J connectivity index is 1.46. The Kier molecular flexibility index (Phi) is 11.0. The number of ether oxygens (including phenoxy) is 6. The summed E-state index contributed by atoms with van der Waals surface area (Å²) >= 11 is 0. The highest BCUT2D eigenvalue weighted by atomic mass is 16.9. The lowest BCUT2D eigenvalue weighted by Crippen LogP contribution is -2.59. The van der Waals surface area contributed by atoms with Gasteiger partial charge in [-0.1, -0.05) is 66.3 Å². The first-order valence-electron chi connectivity index (χ1n) is 21.6. The number of methoxy groups -OCH3 is 1. The summed E-state index contributed by atoms with van der Waals surface area (Å²) < 4.78 is 39.5. The van der Waals surface area contributed by atoms with E-state index in [-0.39, 0.29) is 50.4 Å². The van der Waals surface area contributed by atoms with Gasteiger partial charge in [-0.15, -0.1) is 0 Å². The largest absolute Gasteiger partial charge is 0.505 e. The van der Waals surface area contributed by atoms with Gasteiger partial charge in [-0.25, -0.2) is 4.99 Å². The highest BCUT2D eigenvalue weighted by molar-refractivity contribution is 6.22. The van der Waals surface area contributed by atoms with E-state index in [0.29, 0.717) is 35.6 Å². The smallest absolute Gasteiger partial charge is 0.336 e. The van der Waals surface area contributed by atoms with Crippen molar-refractivity contribution in [3.05, 3.63) is 70.6 Å². The van der Waals surface area contributed by atoms with E-state index in [0.717, 1.165) is 19.6 Å². The summed E-state index contributed by atoms with van der Waals surface area (Å²) in [5.41, 5.74) is 0.319. The Hall–Kier alpha value is -4.60. The van der Waals surface area contributed by atoms with Crippen molar-refractivity contribution in [2.75, 3.05) is 32.1 Å². The van der Waals surface area contributed by atoms with Crippen molar-refractivity contribution in [2.45, 2.75) is 117 Å². The first kappa shape index (κ1) is 43.1. The van der Waals surface area contributed by atoms with E-state index in [4.69, 9.17) is 33.4 Å². The lowest BCUT2D eigenvalue weighted by molar-refractivity contribution is -0.416. The second-order valence-corrected chi connectivity index (χ2v) is 18.4. The van der Waals surface area contributed by atoms with Gasteiger partial charge in [0.1, 0.15) is 27.9 Å². The highest BCUT2D eigenvalue weighted by Crippen LogP contribution is 2.54. The van der Waals surface area contributed by atoms with Crippen molar-refractivity contribution in [3.63, 3.8) is 0 Å². The van der Waals surface area contributed by atoms with Gasteiger partial charge in [-0.2, -0.15) is 0 Å². The van der Waals surface area contributed by atoms with Gasteiger partial charge in [0.05, 0.1) is 47.3 Å². The molecule has 2 aromatic rings. The van der Waals surface area contributed by atoms with Crippen molar-refractivity contribution in [3.8, 4) is 17.2 Å². The van der Waals surface area contributed by atoms with Crippen LogP contribution in [-0.2, 0) is 23.7 Å². The lowest BCUT2D eigenvalue weighted by Gasteiger charge is -2.50. The molecular weight excluding hydrogens is 781 g/mol. The quantitative estimate of drug-likeness (QED) is 0.252. The zero-order chi connectivity index (χ0) is 43.9. The molecule has 6 heterocycles. The summed E-state index contributed by atoms with van der Waals surface area (Å²) in [6.45, 7) is 23.7. The van der Waals surface area contributed by atoms with Gasteiger partial charge in [0.15, 0.2) is 5.75 Å². The van der Waals surface area contributed by atoms with Crippen molar-refractivity contribution >= 4 is 28.2 Å². The number of aliphatic hydroxyl groups is 1. The molecule has 328 valence electrons. The van der Waals surface area contributed by atoms with Crippen LogP contribution >= 0.6 is 0 Å². The van der Waals surface area contributed by atoms with Gasteiger partial charge in [-0.05, 0) is 25.8 Å². The van der Waals surface area contributed by atoms with E-state index in [1.54, 1.807) is 46.1 Å². The van der Waals surface area contributed by atoms with Gasteiger partial charge in [-0.3, -0.25) is 14.6 Å². The molecule has 61 heavy (non-hydrogen) atoms. The molecule has 10 atom stereocenters. The molecule has 14 heteroatoms. The average molecular weight is 841 g/mol. The molecule has 2 aromatic carbocycles. The molecule has 8 bridgehead atoms. The van der Waals surface area contributed by atoms with E-state index < -0.39 is 71.1 Å². The molecule has 0 radical (unpaired) electrons. The molecule has 0 saturated carbocycles. The number of phenols is 1. The van der Waals surface area contributed by atoms with Gasteiger partial charge in [0, 0.05) is 92.8 Å². The van der Waals surface area contributed by atoms with Crippen molar-refractivity contribution in [1.29, 1.82) is 0 Å². The van der Waals surface area contributed by atoms with Crippen LogP contribution in [0.3, 0.4) is 0 Å². The Bertz CT molecular complexity index is 2380. The highest BCUT2D eigenvalue weighted by Gasteiger charge is 2.55. The summed E-state index contributed by atoms with van der Waals surface area (Å²) in [5, 5.41) is 29.0. The topological polar surface area (TPSA) is 170 Å². The van der Waals surface area contributed by atoms with Crippen molar-refractivity contribution < 1.29 is 48.2 Å². The lowest BCUT2D eigenvalue weighted by atomic mass is 9.77. The molecule has 3 N–H and O–H groups in total. The number of nitrogens with one attached hydrogen (secondary N) is 1. The number of hydrogen-bond donors (Lipinski definition) is 3. The molecule has 8 rings (SSSR count). The Morgan fingerprint density at radius 2 is 1.70 bits per heavy atom. The fourth-order valence-corrected chi connectivity index (χ4v) is 10.2. The number of amides is 1. The number of ketones is 1. The van der Waals surface area contributed by atoms with Gasteiger partial charge < -0.3 is 48.9 Å². The van der Waals surface area contributed by atoms with Crippen molar-refractivity contribution in [1.82, 2.24) is 4.90 Å². The van der Waals surface area contributed by atoms with Crippen LogP contribution in [0.1, 0.15) is 84.2 Å². The molecule has 0 aromatic heterocycles. The number of piperidine rings is 1. The van der Waals surface area contributed by atoms with Crippen LogP contribution in [-0.4, -0.2) is 95.4 Å². The van der Waals surface area contributed by atoms with Crippen LogP contribution < -0.4 is 25.5 Å². The summed E-state index contributed by atoms with van der Waals surface area (Å²) in [4.78, 5) is 41.4. The molecule has 2 fully saturated rings. The second kappa shape index (κ2) is 15.6. The molecular formula is C47H60N4O10. The fraction of sp³-hybridized carbons (Fsp3) is 0.574. The number of benzene rings is 2. The van der Waals surface area contributed by atoms with Crippen LogP contribution in [0.2, 0.25) is 0 Å². The third-order valence-corrected chi connectivity index (χ3v) is 13.6. The van der Waals surface area contributed by atoms with E-state index in [9.17, 15) is 15.0 Å². The number of Topliss-reactive ketones (excluding diaryl/α,β-unsaturated/α-hetero) is 1. The van der Waals surface area contributed by atoms with Gasteiger partial charge in [0.25, 0.3) is 11.7 Å². The number of likely N-dealkylation sites (tertiary alicyclic amines) is 1. The zero-order valence-electron chi connectivity index (χ0n) is 36.9. The molecule has 0 aliphatic carbocycles. The minimum Gasteiger partial charge on any atom is -0.505 e. The first-order valence-corrected chi connectivity index (χ1v) is 21.6. The normalized spacial score (nSPS) is 36.4. The Morgan fingerprint density at radius 1 is 1.00 bits per heavy atom. The number of anilines is 1. The maximum Gasteiger partial charge on any atom is 0.336 e. The summed E-state index contributed by atoms with van der Waals surface area (Å²) in [5.74, 6) is -6.21. The average Bonchev–Trinajstić information content (AvgIpc) is 3.74. The minimum absolute atomic E-state index is 0.0616. The molecule has 14 nitrogen and oxygen atoms in total. The number of rotatable bonds is 4.